The van der Waals surface area contributed by atoms with Gasteiger partial charge in [-0.25, -0.2) is 0 Å². The second-order valence-electron chi connectivity index (χ2n) is 7.70. The van der Waals surface area contributed by atoms with E-state index in [0.29, 0.717) is 22.5 Å². The first-order chi connectivity index (χ1) is 15.8. The molecule has 0 spiro atoms. The fraction of sp³-hybridized carbons (Fsp3) is 0.364. The highest BCUT2D eigenvalue weighted by Gasteiger charge is 2.33. The van der Waals surface area contributed by atoms with Crippen LogP contribution in [0.1, 0.15) is 35.4 Å². The highest BCUT2D eigenvalue weighted by Crippen LogP contribution is 2.31. The predicted octanol–water partition coefficient (Wildman–Crippen LogP) is 0.741. The molecule has 3 rings (SSSR count). The molecule has 0 aliphatic carbocycles. The molecule has 11 heteroatoms. The molecule has 170 valence electrons. The Morgan fingerprint density at radius 3 is 2.76 bits per heavy atom. The fourth-order valence-corrected chi connectivity index (χ4v) is 3.56. The second kappa shape index (κ2) is 9.94. The number of hydrogen-bond acceptors (Lipinski definition) is 7. The van der Waals surface area contributed by atoms with Crippen LogP contribution in [0.2, 0.25) is 0 Å². The lowest BCUT2D eigenvalue weighted by atomic mass is 10.1. The first-order valence-electron chi connectivity index (χ1n) is 10.2. The van der Waals surface area contributed by atoms with E-state index in [-0.39, 0.29) is 49.6 Å². The van der Waals surface area contributed by atoms with Crippen molar-refractivity contribution in [1.29, 1.82) is 10.5 Å². The van der Waals surface area contributed by atoms with Crippen LogP contribution in [0.25, 0.3) is 11.3 Å². The lowest BCUT2D eigenvalue weighted by molar-refractivity contribution is -0.130. The Balaban J connectivity index is 1.90. The van der Waals surface area contributed by atoms with Crippen LogP contribution in [-0.4, -0.2) is 75.7 Å². The minimum Gasteiger partial charge on any atom is -0.387 e. The van der Waals surface area contributed by atoms with Gasteiger partial charge in [-0.05, 0) is 31.2 Å². The molecule has 11 nitrogen and oxygen atoms in total. The molecule has 0 saturated heterocycles. The summed E-state index contributed by atoms with van der Waals surface area (Å²) in [6.45, 7) is 1.61. The molecule has 0 saturated carbocycles. The minimum absolute atomic E-state index is 0.111. The number of aliphatic hydroxyl groups excluding tert-OH is 1. The standard InChI is InChI=1S/C22H23N7O4/c1-14-11-28(12-21(32)27(2)7-3-6-23)22(33)19-9-18(26-29(14)19)16-5-4-15(10-24)8-17(16)25-20(31)13-30/h4-5,8-9,14,30H,3,7,11-13H2,1-2H3,(H,25,31)/t14-/m0/s1. The van der Waals surface area contributed by atoms with Crippen molar-refractivity contribution in [3.8, 4) is 23.4 Å². The number of fused-ring (bicyclic) bond motifs is 1. The van der Waals surface area contributed by atoms with Crippen molar-refractivity contribution >= 4 is 23.4 Å². The van der Waals surface area contributed by atoms with Crippen molar-refractivity contribution in [3.05, 3.63) is 35.5 Å². The number of benzene rings is 1. The molecule has 1 aromatic carbocycles. The van der Waals surface area contributed by atoms with E-state index >= 15 is 0 Å². The lowest BCUT2D eigenvalue weighted by Gasteiger charge is -2.32. The zero-order valence-corrected chi connectivity index (χ0v) is 18.3. The number of carbonyl (C=O) groups excluding carboxylic acids is 3. The Morgan fingerprint density at radius 1 is 1.33 bits per heavy atom. The zero-order valence-electron chi connectivity index (χ0n) is 18.3. The monoisotopic (exact) mass is 449 g/mol. The second-order valence-corrected chi connectivity index (χ2v) is 7.70. The molecule has 1 aromatic heterocycles. The summed E-state index contributed by atoms with van der Waals surface area (Å²) in [6.07, 6.45) is 0.211. The summed E-state index contributed by atoms with van der Waals surface area (Å²) in [5.41, 5.74) is 1.78. The molecule has 0 bridgehead atoms. The number of carbonyl (C=O) groups is 3. The predicted molar refractivity (Wildman–Crippen MR) is 117 cm³/mol. The summed E-state index contributed by atoms with van der Waals surface area (Å²) in [5.74, 6) is -1.27. The summed E-state index contributed by atoms with van der Waals surface area (Å²) in [7, 11) is 1.59. The summed E-state index contributed by atoms with van der Waals surface area (Å²) in [6, 6.07) is 9.99. The largest absolute Gasteiger partial charge is 0.387 e. The SMILES string of the molecule is C[C@H]1CN(CC(=O)N(C)CCC#N)C(=O)c2cc(-c3ccc(C#N)cc3NC(=O)CO)nn21. The van der Waals surface area contributed by atoms with E-state index in [1.807, 2.05) is 19.1 Å². The van der Waals surface area contributed by atoms with E-state index < -0.39 is 12.5 Å². The number of aromatic nitrogens is 2. The fourth-order valence-electron chi connectivity index (χ4n) is 3.56. The molecule has 2 N–H and O–H groups in total. The maximum Gasteiger partial charge on any atom is 0.272 e. The molecule has 0 fully saturated rings. The van der Waals surface area contributed by atoms with Gasteiger partial charge >= 0.3 is 0 Å². The van der Waals surface area contributed by atoms with Crippen LogP contribution in [0.3, 0.4) is 0 Å². The van der Waals surface area contributed by atoms with E-state index in [9.17, 15) is 19.6 Å². The van der Waals surface area contributed by atoms with E-state index in [1.54, 1.807) is 29.9 Å². The van der Waals surface area contributed by atoms with Crippen molar-refractivity contribution in [3.63, 3.8) is 0 Å². The highest BCUT2D eigenvalue weighted by atomic mass is 16.3. The quantitative estimate of drug-likeness (QED) is 0.631. The summed E-state index contributed by atoms with van der Waals surface area (Å²) < 4.78 is 1.58. The Labute approximate surface area is 190 Å². The summed E-state index contributed by atoms with van der Waals surface area (Å²) in [5, 5.41) is 34.0. The van der Waals surface area contributed by atoms with Gasteiger partial charge in [-0.1, -0.05) is 0 Å². The Hall–Kier alpha value is -4.22. The first kappa shape index (κ1) is 23.4. The third-order valence-electron chi connectivity index (χ3n) is 5.30. The molecule has 3 amide bonds. The van der Waals surface area contributed by atoms with Crippen molar-refractivity contribution in [1.82, 2.24) is 19.6 Å². The van der Waals surface area contributed by atoms with Crippen molar-refractivity contribution in [2.45, 2.75) is 19.4 Å². The molecule has 1 aliphatic heterocycles. The van der Waals surface area contributed by atoms with Crippen LogP contribution in [0.4, 0.5) is 5.69 Å². The van der Waals surface area contributed by atoms with E-state index in [0.717, 1.165) is 0 Å². The highest BCUT2D eigenvalue weighted by molar-refractivity contribution is 5.99. The smallest absolute Gasteiger partial charge is 0.272 e. The van der Waals surface area contributed by atoms with Crippen LogP contribution in [0.5, 0.6) is 0 Å². The maximum atomic E-state index is 13.1. The van der Waals surface area contributed by atoms with Gasteiger partial charge in [0, 0.05) is 25.7 Å². The third kappa shape index (κ3) is 5.00. The first-order valence-corrected chi connectivity index (χ1v) is 10.2. The number of nitrogens with zero attached hydrogens (tertiary/aromatic N) is 6. The average molecular weight is 449 g/mol. The van der Waals surface area contributed by atoms with Gasteiger partial charge in [0.1, 0.15) is 18.8 Å². The van der Waals surface area contributed by atoms with Gasteiger partial charge in [0.05, 0.1) is 41.5 Å². The van der Waals surface area contributed by atoms with Gasteiger partial charge in [0.25, 0.3) is 5.91 Å². The van der Waals surface area contributed by atoms with Crippen LogP contribution in [0.15, 0.2) is 24.3 Å². The number of rotatable bonds is 7. The molecule has 33 heavy (non-hydrogen) atoms. The maximum absolute atomic E-state index is 13.1. The van der Waals surface area contributed by atoms with Crippen molar-refractivity contribution < 1.29 is 19.5 Å². The normalized spacial score (nSPS) is 14.8. The molecule has 1 atom stereocenters. The van der Waals surface area contributed by atoms with E-state index in [1.165, 1.54) is 15.9 Å². The van der Waals surface area contributed by atoms with Crippen LogP contribution in [0, 0.1) is 22.7 Å². The number of likely N-dealkylation sites (N-methyl/N-ethyl adjacent to an activating group) is 1. The number of nitrogens with one attached hydrogen (secondary N) is 1. The topological polar surface area (TPSA) is 155 Å². The Bertz CT molecular complexity index is 1170. The molecule has 0 radical (unpaired) electrons. The summed E-state index contributed by atoms with van der Waals surface area (Å²) >= 11 is 0. The van der Waals surface area contributed by atoms with Gasteiger partial charge in [-0.15, -0.1) is 0 Å². The lowest BCUT2D eigenvalue weighted by Crippen LogP contribution is -2.47. The number of hydrogen-bond donors (Lipinski definition) is 2. The molecule has 0 unspecified atom stereocenters. The number of nitriles is 2. The van der Waals surface area contributed by atoms with Crippen LogP contribution in [-0.2, 0) is 9.59 Å². The minimum atomic E-state index is -0.725. The number of amides is 3. The summed E-state index contributed by atoms with van der Waals surface area (Å²) in [4.78, 5) is 40.2. The van der Waals surface area contributed by atoms with Gasteiger partial charge in [-0.3, -0.25) is 19.1 Å². The molecular formula is C22H23N7O4. The van der Waals surface area contributed by atoms with Gasteiger partial charge in [0.15, 0.2) is 0 Å². The van der Waals surface area contributed by atoms with Gasteiger partial charge in [0.2, 0.25) is 11.8 Å². The van der Waals surface area contributed by atoms with Crippen molar-refractivity contribution in [2.24, 2.45) is 0 Å². The molecule has 2 heterocycles. The number of aliphatic hydroxyl groups is 1. The van der Waals surface area contributed by atoms with Gasteiger partial charge in [-0.2, -0.15) is 15.6 Å². The van der Waals surface area contributed by atoms with Gasteiger partial charge < -0.3 is 20.2 Å². The van der Waals surface area contributed by atoms with Crippen LogP contribution >= 0.6 is 0 Å². The average Bonchev–Trinajstić information content (AvgIpc) is 3.26. The molecular weight excluding hydrogens is 426 g/mol. The van der Waals surface area contributed by atoms with E-state index in [2.05, 4.69) is 10.4 Å². The number of anilines is 1. The Kier molecular flexibility index (Phi) is 7.06. The Morgan fingerprint density at radius 2 is 2.09 bits per heavy atom. The van der Waals surface area contributed by atoms with Crippen molar-refractivity contribution in [2.75, 3.05) is 38.6 Å². The van der Waals surface area contributed by atoms with Crippen LogP contribution < -0.4 is 5.32 Å². The zero-order chi connectivity index (χ0) is 24.1. The third-order valence-corrected chi connectivity index (χ3v) is 5.30. The van der Waals surface area contributed by atoms with E-state index in [4.69, 9.17) is 10.4 Å². The molecule has 1 aliphatic rings. The molecule has 2 aromatic rings.